The third-order valence-corrected chi connectivity index (χ3v) is 3.00. The molecule has 7 heteroatoms. The number of ether oxygens (including phenoxy) is 1. The first-order valence-corrected chi connectivity index (χ1v) is 6.23. The third-order valence-electron chi connectivity index (χ3n) is 2.55. The molecule has 0 unspecified atom stereocenters. The number of rotatable bonds is 2. The molecule has 0 saturated heterocycles. The van der Waals surface area contributed by atoms with E-state index in [9.17, 15) is 0 Å². The highest BCUT2D eigenvalue weighted by atomic mass is 35.5. The Labute approximate surface area is 123 Å². The van der Waals surface area contributed by atoms with E-state index in [4.69, 9.17) is 37.6 Å². The number of fused-ring (bicyclic) bond motifs is 1. The van der Waals surface area contributed by atoms with Crippen LogP contribution in [0.5, 0.6) is 11.5 Å². The van der Waals surface area contributed by atoms with Crippen molar-refractivity contribution >= 4 is 34.2 Å². The van der Waals surface area contributed by atoms with E-state index in [1.807, 2.05) is 12.1 Å². The maximum atomic E-state index is 9.11. The normalized spacial score (nSPS) is 10.4. The third kappa shape index (κ3) is 2.16. The van der Waals surface area contributed by atoms with Crippen molar-refractivity contribution in [2.24, 2.45) is 0 Å². The Hall–Kier alpha value is -2.29. The maximum Gasteiger partial charge on any atom is 0.247 e. The highest BCUT2D eigenvalue weighted by molar-refractivity contribution is 6.32. The molecule has 3 rings (SSSR count). The summed E-state index contributed by atoms with van der Waals surface area (Å²) in [6, 6.07) is 10.5. The van der Waals surface area contributed by atoms with Crippen molar-refractivity contribution in [3.63, 3.8) is 0 Å². The first-order valence-electron chi connectivity index (χ1n) is 5.47. The smallest absolute Gasteiger partial charge is 0.247 e. The number of nitriles is 1. The van der Waals surface area contributed by atoms with Crippen LogP contribution in [0.25, 0.3) is 11.0 Å². The predicted molar refractivity (Wildman–Crippen MR) is 73.1 cm³/mol. The highest BCUT2D eigenvalue weighted by Crippen LogP contribution is 2.37. The van der Waals surface area contributed by atoms with Crippen molar-refractivity contribution < 1.29 is 9.15 Å². The van der Waals surface area contributed by atoms with Gasteiger partial charge in [0.2, 0.25) is 5.76 Å². The molecule has 0 spiro atoms. The lowest BCUT2D eigenvalue weighted by Gasteiger charge is -2.05. The van der Waals surface area contributed by atoms with Gasteiger partial charge in [-0.2, -0.15) is 5.26 Å². The van der Waals surface area contributed by atoms with Crippen LogP contribution in [0.4, 0.5) is 0 Å². The molecule has 0 N–H and O–H groups in total. The van der Waals surface area contributed by atoms with Gasteiger partial charge in [0.1, 0.15) is 11.7 Å². The molecule has 0 radical (unpaired) electrons. The molecule has 0 aliphatic rings. The maximum absolute atomic E-state index is 9.11. The second kappa shape index (κ2) is 5.00. The lowest BCUT2D eigenvalue weighted by atomic mass is 10.2. The van der Waals surface area contributed by atoms with Gasteiger partial charge in [0.25, 0.3) is 0 Å². The number of para-hydroxylation sites is 1. The summed E-state index contributed by atoms with van der Waals surface area (Å²) in [5.74, 6) is 0.527. The van der Waals surface area contributed by atoms with E-state index < -0.39 is 0 Å². The minimum atomic E-state index is 0.0450. The van der Waals surface area contributed by atoms with Gasteiger partial charge in [-0.05, 0) is 12.1 Å². The van der Waals surface area contributed by atoms with Gasteiger partial charge in [0, 0.05) is 6.07 Å². The lowest BCUT2D eigenvalue weighted by Crippen LogP contribution is -1.91. The average molecular weight is 306 g/mol. The summed E-state index contributed by atoms with van der Waals surface area (Å²) in [7, 11) is 0. The summed E-state index contributed by atoms with van der Waals surface area (Å²) >= 11 is 11.6. The van der Waals surface area contributed by atoms with Crippen LogP contribution in [0.1, 0.15) is 5.76 Å². The molecular weight excluding hydrogens is 301 g/mol. The zero-order valence-corrected chi connectivity index (χ0v) is 11.3. The Morgan fingerprint density at radius 2 is 2.00 bits per heavy atom. The minimum Gasteiger partial charge on any atom is -0.448 e. The van der Waals surface area contributed by atoms with Crippen LogP contribution in [-0.4, -0.2) is 10.2 Å². The Kier molecular flexibility index (Phi) is 3.18. The van der Waals surface area contributed by atoms with Crippen LogP contribution < -0.4 is 4.74 Å². The van der Waals surface area contributed by atoms with Crippen LogP contribution in [0.2, 0.25) is 10.3 Å². The average Bonchev–Trinajstić information content (AvgIpc) is 2.81. The molecule has 0 bridgehead atoms. The van der Waals surface area contributed by atoms with Crippen molar-refractivity contribution in [2.45, 2.75) is 0 Å². The van der Waals surface area contributed by atoms with Gasteiger partial charge in [0.05, 0.1) is 5.39 Å². The van der Waals surface area contributed by atoms with Crippen LogP contribution in [0.15, 0.2) is 34.7 Å². The second-order valence-corrected chi connectivity index (χ2v) is 4.54. The van der Waals surface area contributed by atoms with E-state index in [-0.39, 0.29) is 27.6 Å². The van der Waals surface area contributed by atoms with Crippen molar-refractivity contribution in [1.29, 1.82) is 5.26 Å². The molecule has 20 heavy (non-hydrogen) atoms. The van der Waals surface area contributed by atoms with Gasteiger partial charge in [-0.25, -0.2) is 0 Å². The molecule has 0 saturated carbocycles. The summed E-state index contributed by atoms with van der Waals surface area (Å²) in [5.41, 5.74) is 0.545. The molecule has 0 aliphatic heterocycles. The first-order chi connectivity index (χ1) is 9.69. The molecule has 0 amide bonds. The summed E-state index contributed by atoms with van der Waals surface area (Å²) in [6.07, 6.45) is 0. The van der Waals surface area contributed by atoms with Crippen molar-refractivity contribution in [1.82, 2.24) is 10.2 Å². The fourth-order valence-electron chi connectivity index (χ4n) is 1.72. The molecule has 0 atom stereocenters. The standard InChI is InChI=1S/C13H5Cl2N3O2/c14-11-5-9(13(15)18-17-11)20-12-7-3-1-2-4-8(7)19-10(12)6-16/h1-5H. The van der Waals surface area contributed by atoms with Crippen LogP contribution in [0.3, 0.4) is 0 Å². The number of furan rings is 1. The number of halogens is 2. The Morgan fingerprint density at radius 3 is 2.80 bits per heavy atom. The number of aromatic nitrogens is 2. The summed E-state index contributed by atoms with van der Waals surface area (Å²) < 4.78 is 11.0. The fourth-order valence-corrected chi connectivity index (χ4v) is 1.98. The Balaban J connectivity index is 2.15. The zero-order valence-electron chi connectivity index (χ0n) is 9.80. The van der Waals surface area contributed by atoms with Gasteiger partial charge in [0.15, 0.2) is 21.8 Å². The number of hydrogen-bond acceptors (Lipinski definition) is 5. The monoisotopic (exact) mass is 305 g/mol. The quantitative estimate of drug-likeness (QED) is 0.709. The number of nitrogens with zero attached hydrogens (tertiary/aromatic N) is 3. The van der Waals surface area contributed by atoms with E-state index in [2.05, 4.69) is 10.2 Å². The molecule has 2 heterocycles. The number of hydrogen-bond donors (Lipinski definition) is 0. The Bertz CT molecular complexity index is 839. The second-order valence-electron chi connectivity index (χ2n) is 3.79. The number of benzene rings is 1. The summed E-state index contributed by atoms with van der Waals surface area (Å²) in [4.78, 5) is 0. The lowest BCUT2D eigenvalue weighted by molar-refractivity contribution is 0.464. The van der Waals surface area contributed by atoms with Crippen LogP contribution in [-0.2, 0) is 0 Å². The Morgan fingerprint density at radius 1 is 1.20 bits per heavy atom. The van der Waals surface area contributed by atoms with Gasteiger partial charge >= 0.3 is 0 Å². The minimum absolute atomic E-state index is 0.0450. The summed E-state index contributed by atoms with van der Waals surface area (Å²) in [6.45, 7) is 0. The largest absolute Gasteiger partial charge is 0.448 e. The molecule has 5 nitrogen and oxygen atoms in total. The highest BCUT2D eigenvalue weighted by Gasteiger charge is 2.18. The van der Waals surface area contributed by atoms with Gasteiger partial charge < -0.3 is 9.15 Å². The SMILES string of the molecule is N#Cc1oc2ccccc2c1Oc1cc(Cl)nnc1Cl. The van der Waals surface area contributed by atoms with E-state index in [0.29, 0.717) is 11.0 Å². The van der Waals surface area contributed by atoms with Crippen LogP contribution in [0, 0.1) is 11.3 Å². The van der Waals surface area contributed by atoms with Gasteiger partial charge in [-0.1, -0.05) is 35.3 Å². The molecule has 0 fully saturated rings. The van der Waals surface area contributed by atoms with E-state index in [0.717, 1.165) is 0 Å². The van der Waals surface area contributed by atoms with E-state index in [1.165, 1.54) is 6.07 Å². The first kappa shape index (κ1) is 12.7. The summed E-state index contributed by atoms with van der Waals surface area (Å²) in [5, 5.41) is 17.2. The predicted octanol–water partition coefficient (Wildman–Crippen LogP) is 4.19. The molecule has 3 aromatic rings. The molecule has 98 valence electrons. The van der Waals surface area contributed by atoms with Crippen LogP contribution >= 0.6 is 23.2 Å². The zero-order chi connectivity index (χ0) is 14.1. The molecule has 0 aliphatic carbocycles. The molecular formula is C13H5Cl2N3O2. The molecule has 1 aromatic carbocycles. The topological polar surface area (TPSA) is 71.9 Å². The van der Waals surface area contributed by atoms with Gasteiger partial charge in [-0.15, -0.1) is 10.2 Å². The van der Waals surface area contributed by atoms with Gasteiger partial charge in [-0.3, -0.25) is 0 Å². The van der Waals surface area contributed by atoms with Crippen molar-refractivity contribution in [2.75, 3.05) is 0 Å². The fraction of sp³-hybridized carbons (Fsp3) is 0. The molecule has 2 aromatic heterocycles. The van der Waals surface area contributed by atoms with E-state index >= 15 is 0 Å². The van der Waals surface area contributed by atoms with Crippen molar-refractivity contribution in [3.8, 4) is 17.6 Å². The van der Waals surface area contributed by atoms with Crippen molar-refractivity contribution in [3.05, 3.63) is 46.4 Å². The van der Waals surface area contributed by atoms with E-state index in [1.54, 1.807) is 18.2 Å².